The molecule has 0 spiro atoms. The van der Waals surface area contributed by atoms with E-state index in [4.69, 9.17) is 5.26 Å². The van der Waals surface area contributed by atoms with Crippen LogP contribution < -0.4 is 0 Å². The molecule has 2 nitrogen and oxygen atoms in total. The van der Waals surface area contributed by atoms with E-state index < -0.39 is 6.93 Å². The maximum atomic E-state index is 10.3. The molecule has 0 saturated carbocycles. The normalized spacial score (nSPS) is 6.00. The minimum atomic E-state index is -1.75. The lowest BCUT2D eigenvalue weighted by Crippen LogP contribution is -1.46. The Labute approximate surface area is 49.9 Å². The van der Waals surface area contributed by atoms with E-state index in [1.807, 2.05) is 0 Å². The van der Waals surface area contributed by atoms with Gasteiger partial charge in [-0.1, -0.05) is 0 Å². The van der Waals surface area contributed by atoms with E-state index in [9.17, 15) is 17.7 Å². The fraction of sp³-hybridized carbons (Fsp3) is 1.00. The zero-order valence-corrected chi connectivity index (χ0v) is 4.78. The van der Waals surface area contributed by atoms with Crippen LogP contribution in [0.25, 0.3) is 0 Å². The summed E-state index contributed by atoms with van der Waals surface area (Å²) in [6, 6.07) is 0. The molecule has 0 rings (SSSR count). The fourth-order valence-electron chi connectivity index (χ4n) is 0. The summed E-state index contributed by atoms with van der Waals surface area (Å²) in [5, 5.41) is 8.15. The van der Waals surface area contributed by atoms with Crippen LogP contribution in [-0.4, -0.2) is 18.9 Å². The van der Waals surface area contributed by atoms with Gasteiger partial charge in [-0.3, -0.25) is 4.39 Å². The highest BCUT2D eigenvalue weighted by atomic mass is 19.3. The first-order chi connectivity index (χ1) is 4.24. The largest absolute Gasteiger partial charge is 0.251 e. The van der Waals surface area contributed by atoms with Gasteiger partial charge in [-0.15, -0.1) is 0 Å². The molecule has 0 fully saturated rings. The number of hydrogen-bond donors (Lipinski definition) is 1. The first-order valence-corrected chi connectivity index (χ1v) is 1.85. The van der Waals surface area contributed by atoms with Gasteiger partial charge in [0.25, 0.3) is 0 Å². The highest BCUT2D eigenvalue weighted by Gasteiger charge is 1.44. The third-order valence-corrected chi connectivity index (χ3v) is 0. The first-order valence-electron chi connectivity index (χ1n) is 1.85. The van der Waals surface area contributed by atoms with E-state index in [-0.39, 0.29) is 6.67 Å². The molecule has 0 amide bonds. The Morgan fingerprint density at radius 3 is 1.33 bits per heavy atom. The molecule has 0 aliphatic carbocycles. The van der Waals surface area contributed by atoms with Crippen LogP contribution in [0.2, 0.25) is 0 Å². The van der Waals surface area contributed by atoms with Crippen molar-refractivity contribution >= 4 is 0 Å². The molecule has 0 aliphatic rings. The van der Waals surface area contributed by atoms with Crippen LogP contribution in [0.3, 0.4) is 0 Å². The van der Waals surface area contributed by atoms with Gasteiger partial charge in [-0.05, 0) is 16.5 Å². The van der Waals surface area contributed by atoms with Gasteiger partial charge in [0.15, 0.2) is 0 Å². The van der Waals surface area contributed by atoms with E-state index in [1.54, 1.807) is 5.09 Å². The molecule has 60 valence electrons. The van der Waals surface area contributed by atoms with Crippen LogP contribution in [0.4, 0.5) is 17.7 Å². The Kier molecular flexibility index (Phi) is 85.1. The van der Waals surface area contributed by atoms with E-state index >= 15 is 0 Å². The second kappa shape index (κ2) is 48.3. The quantitative estimate of drug-likeness (QED) is 0.327. The monoisotopic (exact) mass is 152 g/mol. The molecule has 1 N–H and O–H groups in total. The molecule has 0 saturated heterocycles. The Morgan fingerprint density at radius 2 is 1.33 bits per heavy atom. The Morgan fingerprint density at radius 1 is 1.33 bits per heavy atom. The minimum absolute atomic E-state index is 0.250. The molecule has 0 aliphatic heterocycles. The molecule has 6 heteroatoms. The molecular weight excluding hydrogens is 144 g/mol. The summed E-state index contributed by atoms with van der Waals surface area (Å²) in [5.74, 6) is 0. The number of rotatable bonds is 0. The lowest BCUT2D eigenvalue weighted by Gasteiger charge is -1.49. The minimum Gasteiger partial charge on any atom is -0.251 e. The van der Waals surface area contributed by atoms with Crippen molar-refractivity contribution in [3.8, 4) is 0 Å². The van der Waals surface area contributed by atoms with Gasteiger partial charge in [0.1, 0.15) is 0 Å². The smallest absolute Gasteiger partial charge is 0.229 e. The van der Waals surface area contributed by atoms with Crippen molar-refractivity contribution < 1.29 is 28.0 Å². The van der Waals surface area contributed by atoms with Gasteiger partial charge in [0, 0.05) is 0 Å². The van der Waals surface area contributed by atoms with E-state index in [2.05, 4.69) is 0 Å². The second-order valence-electron chi connectivity index (χ2n) is 0.437. The maximum Gasteiger partial charge on any atom is 0.229 e. The lowest BCUT2D eigenvalue weighted by atomic mass is 10.9. The van der Waals surface area contributed by atoms with Gasteiger partial charge in [0.05, 0.1) is 6.67 Å². The first kappa shape index (κ1) is 15.9. The van der Waals surface area contributed by atoms with Crippen LogP contribution in [0.1, 0.15) is 6.92 Å². The fourth-order valence-corrected chi connectivity index (χ4v) is 0. The van der Waals surface area contributed by atoms with Crippen molar-refractivity contribution in [2.45, 2.75) is 6.92 Å². The van der Waals surface area contributed by atoms with Crippen molar-refractivity contribution in [1.29, 1.82) is 0 Å². The molecule has 0 atom stereocenters. The summed E-state index contributed by atoms with van der Waals surface area (Å²) < 4.78 is 38.9. The molecule has 0 bridgehead atoms. The van der Waals surface area contributed by atoms with Gasteiger partial charge in [0.2, 0.25) is 6.93 Å². The predicted molar refractivity (Wildman–Crippen MR) is 23.6 cm³/mol. The van der Waals surface area contributed by atoms with Crippen molar-refractivity contribution in [1.82, 2.24) is 0 Å². The summed E-state index contributed by atoms with van der Waals surface area (Å²) >= 11 is 0. The average molecular weight is 152 g/mol. The second-order valence-corrected chi connectivity index (χ2v) is 0.437. The van der Waals surface area contributed by atoms with Crippen LogP contribution in [0.15, 0.2) is 0 Å². The summed E-state index contributed by atoms with van der Waals surface area (Å²) in [4.78, 5) is 0. The Balaban J connectivity index is -0.0000000600. The van der Waals surface area contributed by atoms with Crippen LogP contribution in [0, 0.1) is 0 Å². The Hall–Kier alpha value is -0.360. The van der Waals surface area contributed by atoms with Gasteiger partial charge in [-0.25, -0.2) is 14.0 Å². The predicted octanol–water partition coefficient (Wildman–Crippen LogP) is 2.22. The Bertz CT molecular complexity index is 18.5. The summed E-state index contributed by atoms with van der Waals surface area (Å²) in [6.45, 7) is -0.542. The third-order valence-electron chi connectivity index (χ3n) is 0. The van der Waals surface area contributed by atoms with Crippen molar-refractivity contribution in [3.05, 3.63) is 0 Å². The molecule has 0 aromatic carbocycles. The van der Waals surface area contributed by atoms with Gasteiger partial charge >= 0.3 is 0 Å². The SMILES string of the molecule is CCF.FCF.OOF. The van der Waals surface area contributed by atoms with Gasteiger partial charge < -0.3 is 0 Å². The van der Waals surface area contributed by atoms with Crippen LogP contribution >= 0.6 is 0 Å². The molecule has 0 radical (unpaired) electrons. The topological polar surface area (TPSA) is 29.5 Å². The maximum absolute atomic E-state index is 10.3. The number of halogens is 4. The molecular formula is C3H8F4O2. The number of alkyl halides is 3. The molecule has 0 aromatic heterocycles. The molecule has 9 heavy (non-hydrogen) atoms. The van der Waals surface area contributed by atoms with Gasteiger partial charge in [-0.2, -0.15) is 0 Å². The van der Waals surface area contributed by atoms with Crippen molar-refractivity contribution in [2.24, 2.45) is 0 Å². The zero-order chi connectivity index (χ0) is 8.12. The van der Waals surface area contributed by atoms with E-state index in [1.165, 1.54) is 6.92 Å². The highest BCUT2D eigenvalue weighted by Crippen LogP contribution is 1.56. The third kappa shape index (κ3) is 1880. The summed E-state index contributed by atoms with van der Waals surface area (Å²) in [5.41, 5.74) is 0. The van der Waals surface area contributed by atoms with Crippen molar-refractivity contribution in [2.75, 3.05) is 13.6 Å². The summed E-state index contributed by atoms with van der Waals surface area (Å²) in [6.07, 6.45) is 0. The molecule has 0 unspecified atom stereocenters. The number of hydrogen-bond acceptors (Lipinski definition) is 2. The standard InChI is InChI=1S/C2H5F.CH2F2.FHO2/c1-2-3;2-1-3;1-3-2/h2H2,1H3;1H2;2H. The highest BCUT2D eigenvalue weighted by molar-refractivity contribution is 3.86. The van der Waals surface area contributed by atoms with Crippen molar-refractivity contribution in [3.63, 3.8) is 0 Å². The van der Waals surface area contributed by atoms with E-state index in [0.29, 0.717) is 0 Å². The molecule has 0 aromatic rings. The van der Waals surface area contributed by atoms with Crippen LogP contribution in [0.5, 0.6) is 0 Å². The van der Waals surface area contributed by atoms with E-state index in [0.717, 1.165) is 0 Å². The zero-order valence-electron chi connectivity index (χ0n) is 4.78. The lowest BCUT2D eigenvalue weighted by molar-refractivity contribution is -0.397. The molecule has 0 heterocycles. The average Bonchev–Trinajstić information content (AvgIpc) is 1.70. The summed E-state index contributed by atoms with van der Waals surface area (Å²) in [7, 11) is 0. The van der Waals surface area contributed by atoms with Crippen LogP contribution in [-0.2, 0) is 5.09 Å².